The first-order valence-electron chi connectivity index (χ1n) is 10.5. The molecule has 1 aliphatic rings. The van der Waals surface area contributed by atoms with Gasteiger partial charge in [-0.2, -0.15) is 0 Å². The van der Waals surface area contributed by atoms with Crippen molar-refractivity contribution in [1.82, 2.24) is 9.29 Å². The summed E-state index contributed by atoms with van der Waals surface area (Å²) in [7, 11) is -1.36. The van der Waals surface area contributed by atoms with Crippen LogP contribution in [0.15, 0.2) is 65.7 Å². The molecule has 0 bridgehead atoms. The summed E-state index contributed by atoms with van der Waals surface area (Å²) in [6, 6.07) is 12.3. The van der Waals surface area contributed by atoms with Crippen LogP contribution >= 0.6 is 0 Å². The summed E-state index contributed by atoms with van der Waals surface area (Å²) >= 11 is 0. The number of aromatic nitrogens is 1. The number of alkyl halides is 2. The topological polar surface area (TPSA) is 76.3 Å². The summed E-state index contributed by atoms with van der Waals surface area (Å²) < 4.78 is 64.4. The molecule has 2 atom stereocenters. The molecule has 1 saturated heterocycles. The molecule has 0 aliphatic carbocycles. The van der Waals surface area contributed by atoms with Gasteiger partial charge in [0.25, 0.3) is 6.43 Å². The van der Waals surface area contributed by atoms with Gasteiger partial charge in [0.05, 0.1) is 10.9 Å². The molecular weight excluding hydrogens is 470 g/mol. The number of rotatable bonds is 6. The van der Waals surface area contributed by atoms with E-state index in [4.69, 9.17) is 5.73 Å². The van der Waals surface area contributed by atoms with Crippen LogP contribution in [-0.4, -0.2) is 32.4 Å². The largest absolute Gasteiger partial charge is 0.326 e. The fraction of sp³-hybridized carbons (Fsp3) is 0.250. The third kappa shape index (κ3) is 6.55. The maximum Gasteiger partial charge on any atom is 0.280 e. The Bertz CT molecular complexity index is 1130. The van der Waals surface area contributed by atoms with Crippen molar-refractivity contribution in [3.05, 3.63) is 83.7 Å². The molecule has 1 fully saturated rings. The lowest BCUT2D eigenvalue weighted by molar-refractivity contribution is -0.110. The van der Waals surface area contributed by atoms with Gasteiger partial charge in [-0.15, -0.1) is 0 Å². The van der Waals surface area contributed by atoms with Crippen molar-refractivity contribution in [2.45, 2.75) is 36.7 Å². The number of benzene rings is 2. The highest BCUT2D eigenvalue weighted by Crippen LogP contribution is 2.24. The van der Waals surface area contributed by atoms with Crippen LogP contribution in [0.5, 0.6) is 0 Å². The van der Waals surface area contributed by atoms with E-state index in [-0.39, 0.29) is 24.1 Å². The SMILES string of the molecule is NCc1cc(F)cc(-c2ccc(C(F)F)nc2)c1.O=CC1CCCN1S(=O)c1ccc(F)cc1. The minimum absolute atomic E-state index is 0.216. The van der Waals surface area contributed by atoms with Crippen LogP contribution < -0.4 is 5.73 Å². The van der Waals surface area contributed by atoms with Crippen LogP contribution in [-0.2, 0) is 22.3 Å². The van der Waals surface area contributed by atoms with Crippen molar-refractivity contribution in [2.24, 2.45) is 5.73 Å². The predicted octanol–water partition coefficient (Wildman–Crippen LogP) is 4.80. The second kappa shape index (κ2) is 12.0. The van der Waals surface area contributed by atoms with Crippen LogP contribution in [0.1, 0.15) is 30.5 Å². The van der Waals surface area contributed by atoms with Gasteiger partial charge < -0.3 is 10.5 Å². The Morgan fingerprint density at radius 3 is 2.38 bits per heavy atom. The quantitative estimate of drug-likeness (QED) is 0.396. The summed E-state index contributed by atoms with van der Waals surface area (Å²) in [6.45, 7) is 0.862. The summed E-state index contributed by atoms with van der Waals surface area (Å²) in [5.74, 6) is -0.764. The molecule has 2 aromatic carbocycles. The first-order chi connectivity index (χ1) is 16.3. The zero-order valence-corrected chi connectivity index (χ0v) is 18.9. The molecule has 2 N–H and O–H groups in total. The Hall–Kier alpha value is -2.95. The Morgan fingerprint density at radius 1 is 1.06 bits per heavy atom. The first kappa shape index (κ1) is 25.7. The Balaban J connectivity index is 0.000000192. The third-order valence-corrected chi connectivity index (χ3v) is 6.72. The van der Waals surface area contributed by atoms with Gasteiger partial charge in [-0.1, -0.05) is 6.07 Å². The summed E-state index contributed by atoms with van der Waals surface area (Å²) in [5.41, 5.74) is 6.94. The molecule has 34 heavy (non-hydrogen) atoms. The lowest BCUT2D eigenvalue weighted by Crippen LogP contribution is -2.32. The maximum atomic E-state index is 13.3. The van der Waals surface area contributed by atoms with E-state index < -0.39 is 23.2 Å². The highest BCUT2D eigenvalue weighted by molar-refractivity contribution is 7.82. The number of pyridine rings is 1. The molecule has 3 aromatic rings. The van der Waals surface area contributed by atoms with Crippen molar-refractivity contribution in [3.63, 3.8) is 0 Å². The van der Waals surface area contributed by atoms with E-state index in [2.05, 4.69) is 4.98 Å². The number of aldehydes is 1. The van der Waals surface area contributed by atoms with E-state index >= 15 is 0 Å². The standard InChI is InChI=1S/C13H11F3N2.C11H12FNO2S/c14-11-4-8(6-17)3-10(5-11)9-1-2-12(13(15)16)18-7-9;12-9-3-5-11(6-4-9)16(15)13-7-1-2-10(13)8-14/h1-5,7,13H,6,17H2;3-6,8,10H,1-2,7H2. The normalized spacial score (nSPS) is 16.7. The molecule has 0 radical (unpaired) electrons. The molecule has 0 saturated carbocycles. The van der Waals surface area contributed by atoms with E-state index in [1.165, 1.54) is 54.7 Å². The molecule has 0 amide bonds. The van der Waals surface area contributed by atoms with E-state index in [0.717, 1.165) is 19.1 Å². The van der Waals surface area contributed by atoms with Crippen LogP contribution in [0.25, 0.3) is 11.1 Å². The monoisotopic (exact) mass is 493 g/mol. The lowest BCUT2D eigenvalue weighted by atomic mass is 10.0. The fourth-order valence-corrected chi connectivity index (χ4v) is 4.77. The lowest BCUT2D eigenvalue weighted by Gasteiger charge is -2.18. The van der Waals surface area contributed by atoms with E-state index in [9.17, 15) is 26.6 Å². The molecule has 1 aliphatic heterocycles. The van der Waals surface area contributed by atoms with Gasteiger partial charge in [0.1, 0.15) is 34.6 Å². The number of carbonyl (C=O) groups is 1. The summed E-state index contributed by atoms with van der Waals surface area (Å²) in [6.07, 6.45) is 1.14. The molecule has 1 aromatic heterocycles. The number of hydrogen-bond donors (Lipinski definition) is 1. The van der Waals surface area contributed by atoms with Crippen LogP contribution in [0.2, 0.25) is 0 Å². The summed E-state index contributed by atoms with van der Waals surface area (Å²) in [4.78, 5) is 14.9. The molecule has 2 unspecified atom stereocenters. The average molecular weight is 494 g/mol. The highest BCUT2D eigenvalue weighted by atomic mass is 32.2. The molecule has 2 heterocycles. The van der Waals surface area contributed by atoms with E-state index in [0.29, 0.717) is 28.1 Å². The van der Waals surface area contributed by atoms with Crippen molar-refractivity contribution >= 4 is 17.3 Å². The third-order valence-electron chi connectivity index (χ3n) is 5.17. The van der Waals surface area contributed by atoms with Crippen LogP contribution in [0.4, 0.5) is 17.6 Å². The van der Waals surface area contributed by atoms with Gasteiger partial charge in [0.2, 0.25) is 0 Å². The molecule has 0 spiro atoms. The van der Waals surface area contributed by atoms with Gasteiger partial charge in [0, 0.05) is 24.8 Å². The van der Waals surface area contributed by atoms with Gasteiger partial charge in [-0.05, 0) is 72.5 Å². The average Bonchev–Trinajstić information content (AvgIpc) is 3.33. The van der Waals surface area contributed by atoms with Crippen LogP contribution in [0, 0.1) is 11.6 Å². The molecule has 180 valence electrons. The maximum absolute atomic E-state index is 13.3. The second-order valence-corrected chi connectivity index (χ2v) is 8.95. The molecular formula is C24H23F4N3O2S. The van der Waals surface area contributed by atoms with Gasteiger partial charge >= 0.3 is 0 Å². The van der Waals surface area contributed by atoms with Crippen molar-refractivity contribution in [3.8, 4) is 11.1 Å². The van der Waals surface area contributed by atoms with Gasteiger partial charge in [-0.25, -0.2) is 26.1 Å². The first-order valence-corrected chi connectivity index (χ1v) is 11.6. The van der Waals surface area contributed by atoms with Crippen molar-refractivity contribution in [1.29, 1.82) is 0 Å². The number of nitrogens with two attached hydrogens (primary N) is 1. The smallest absolute Gasteiger partial charge is 0.280 e. The minimum Gasteiger partial charge on any atom is -0.326 e. The number of carbonyl (C=O) groups excluding carboxylic acids is 1. The summed E-state index contributed by atoms with van der Waals surface area (Å²) in [5, 5.41) is 0. The Labute approximate surface area is 197 Å². The van der Waals surface area contributed by atoms with Crippen LogP contribution in [0.3, 0.4) is 0 Å². The Kier molecular flexibility index (Phi) is 9.03. The van der Waals surface area contributed by atoms with E-state index in [1.807, 2.05) is 0 Å². The molecule has 10 heteroatoms. The highest BCUT2D eigenvalue weighted by Gasteiger charge is 2.29. The van der Waals surface area contributed by atoms with Gasteiger partial charge in [0.15, 0.2) is 0 Å². The number of hydrogen-bond acceptors (Lipinski definition) is 4. The fourth-order valence-electron chi connectivity index (χ4n) is 3.43. The number of halogens is 4. The van der Waals surface area contributed by atoms with E-state index in [1.54, 1.807) is 10.4 Å². The zero-order valence-electron chi connectivity index (χ0n) is 18.0. The molecule has 4 rings (SSSR count). The minimum atomic E-state index is -2.61. The molecule has 5 nitrogen and oxygen atoms in total. The number of nitrogens with zero attached hydrogens (tertiary/aromatic N) is 2. The van der Waals surface area contributed by atoms with Crippen molar-refractivity contribution < 1.29 is 26.6 Å². The zero-order chi connectivity index (χ0) is 24.7. The predicted molar refractivity (Wildman–Crippen MR) is 121 cm³/mol. The van der Waals surface area contributed by atoms with Gasteiger partial charge in [-0.3, -0.25) is 4.98 Å². The second-order valence-electron chi connectivity index (χ2n) is 7.51. The van der Waals surface area contributed by atoms with Crippen molar-refractivity contribution in [2.75, 3.05) is 6.54 Å². The Morgan fingerprint density at radius 2 is 1.79 bits per heavy atom.